The molecule has 1 aromatic heterocycles. The van der Waals surface area contributed by atoms with Gasteiger partial charge in [0.05, 0.1) is 12.2 Å². The van der Waals surface area contributed by atoms with Crippen molar-refractivity contribution >= 4 is 11.6 Å². The maximum Gasteiger partial charge on any atom is 0.265 e. The van der Waals surface area contributed by atoms with E-state index in [4.69, 9.17) is 4.74 Å². The minimum absolute atomic E-state index is 0.0902. The molecule has 1 saturated heterocycles. The van der Waals surface area contributed by atoms with Crippen LogP contribution in [0.3, 0.4) is 0 Å². The zero-order valence-electron chi connectivity index (χ0n) is 15.0. The van der Waals surface area contributed by atoms with Gasteiger partial charge in [-0.25, -0.2) is 0 Å². The molecule has 136 valence electrons. The van der Waals surface area contributed by atoms with Gasteiger partial charge in [-0.2, -0.15) is 0 Å². The van der Waals surface area contributed by atoms with E-state index in [1.165, 1.54) is 5.56 Å². The smallest absolute Gasteiger partial charge is 0.265 e. The summed E-state index contributed by atoms with van der Waals surface area (Å²) in [7, 11) is 2.01. The number of pyridine rings is 1. The second-order valence-electron chi connectivity index (χ2n) is 6.92. The number of hydrogen-bond acceptors (Lipinski definition) is 5. The Morgan fingerprint density at radius 3 is 2.73 bits per heavy atom. The highest BCUT2D eigenvalue weighted by molar-refractivity contribution is 5.83. The number of para-hydroxylation sites is 2. The van der Waals surface area contributed by atoms with Crippen molar-refractivity contribution in [3.05, 3.63) is 54.4 Å². The van der Waals surface area contributed by atoms with E-state index < -0.39 is 6.10 Å². The Bertz CT molecular complexity index is 759. The first-order valence-electron chi connectivity index (χ1n) is 9.07. The zero-order chi connectivity index (χ0) is 17.9. The summed E-state index contributed by atoms with van der Waals surface area (Å²) in [6.45, 7) is 4.70. The van der Waals surface area contributed by atoms with E-state index in [9.17, 15) is 4.79 Å². The lowest BCUT2D eigenvalue weighted by Crippen LogP contribution is -2.55. The molecule has 0 spiro atoms. The molecular weight excluding hydrogens is 328 g/mol. The SMILES string of the molecule is CN1CC(C(=O)N2CCN(Cc3cccnc3)CC2)Oc2ccccc21. The fraction of sp³-hybridized carbons (Fsp3) is 0.400. The Labute approximate surface area is 154 Å². The summed E-state index contributed by atoms with van der Waals surface area (Å²) >= 11 is 0. The molecule has 0 bridgehead atoms. The van der Waals surface area contributed by atoms with E-state index in [2.05, 4.69) is 20.9 Å². The van der Waals surface area contributed by atoms with Gasteiger partial charge in [0.25, 0.3) is 5.91 Å². The molecule has 2 aliphatic heterocycles. The van der Waals surface area contributed by atoms with Crippen LogP contribution in [0, 0.1) is 0 Å². The van der Waals surface area contributed by atoms with Gasteiger partial charge < -0.3 is 14.5 Å². The Hall–Kier alpha value is -2.60. The molecule has 3 heterocycles. The minimum atomic E-state index is -0.431. The molecule has 1 amide bonds. The van der Waals surface area contributed by atoms with Gasteiger partial charge in [-0.15, -0.1) is 0 Å². The molecule has 2 aliphatic rings. The first-order chi connectivity index (χ1) is 12.7. The number of aromatic nitrogens is 1. The molecule has 0 aliphatic carbocycles. The van der Waals surface area contributed by atoms with Gasteiger partial charge in [0, 0.05) is 52.2 Å². The second-order valence-corrected chi connectivity index (χ2v) is 6.92. The van der Waals surface area contributed by atoms with E-state index in [1.54, 1.807) is 6.20 Å². The van der Waals surface area contributed by atoms with Crippen LogP contribution in [-0.2, 0) is 11.3 Å². The van der Waals surface area contributed by atoms with E-state index in [0.29, 0.717) is 6.54 Å². The minimum Gasteiger partial charge on any atom is -0.477 e. The van der Waals surface area contributed by atoms with Crippen LogP contribution in [-0.4, -0.2) is 66.6 Å². The topological polar surface area (TPSA) is 48.9 Å². The van der Waals surface area contributed by atoms with Crippen molar-refractivity contribution in [3.63, 3.8) is 0 Å². The largest absolute Gasteiger partial charge is 0.477 e. The van der Waals surface area contributed by atoms with Crippen LogP contribution in [0.2, 0.25) is 0 Å². The summed E-state index contributed by atoms with van der Waals surface area (Å²) in [5.74, 6) is 0.877. The molecule has 0 saturated carbocycles. The molecule has 4 rings (SSSR count). The fourth-order valence-electron chi connectivity index (χ4n) is 3.62. The van der Waals surface area contributed by atoms with Crippen molar-refractivity contribution in [2.45, 2.75) is 12.6 Å². The van der Waals surface area contributed by atoms with E-state index in [-0.39, 0.29) is 5.91 Å². The van der Waals surface area contributed by atoms with E-state index in [0.717, 1.165) is 44.2 Å². The van der Waals surface area contributed by atoms with Crippen LogP contribution in [0.5, 0.6) is 5.75 Å². The third-order valence-electron chi connectivity index (χ3n) is 5.07. The van der Waals surface area contributed by atoms with Crippen molar-refractivity contribution in [2.75, 3.05) is 44.7 Å². The zero-order valence-corrected chi connectivity index (χ0v) is 15.0. The molecule has 2 aromatic rings. The number of hydrogen-bond donors (Lipinski definition) is 0. The normalized spacial score (nSPS) is 20.4. The number of carbonyl (C=O) groups excluding carboxylic acids is 1. The van der Waals surface area contributed by atoms with Crippen molar-refractivity contribution < 1.29 is 9.53 Å². The summed E-state index contributed by atoms with van der Waals surface area (Å²) in [6, 6.07) is 11.9. The lowest BCUT2D eigenvalue weighted by molar-refractivity contribution is -0.140. The van der Waals surface area contributed by atoms with Gasteiger partial charge in [-0.3, -0.25) is 14.7 Å². The monoisotopic (exact) mass is 352 g/mol. The Balaban J connectivity index is 1.34. The number of piperazine rings is 1. The third-order valence-corrected chi connectivity index (χ3v) is 5.07. The van der Waals surface area contributed by atoms with Gasteiger partial charge in [0.2, 0.25) is 0 Å². The van der Waals surface area contributed by atoms with Crippen LogP contribution in [0.4, 0.5) is 5.69 Å². The van der Waals surface area contributed by atoms with Crippen LogP contribution in [0.1, 0.15) is 5.56 Å². The van der Waals surface area contributed by atoms with Crippen molar-refractivity contribution in [1.29, 1.82) is 0 Å². The number of anilines is 1. The number of fused-ring (bicyclic) bond motifs is 1. The number of nitrogens with zero attached hydrogens (tertiary/aromatic N) is 4. The van der Waals surface area contributed by atoms with Crippen LogP contribution in [0.25, 0.3) is 0 Å². The fourth-order valence-corrected chi connectivity index (χ4v) is 3.62. The molecule has 1 unspecified atom stereocenters. The van der Waals surface area contributed by atoms with E-state index in [1.807, 2.05) is 48.5 Å². The van der Waals surface area contributed by atoms with Gasteiger partial charge in [0.1, 0.15) is 5.75 Å². The summed E-state index contributed by atoms with van der Waals surface area (Å²) in [5, 5.41) is 0. The predicted octanol–water partition coefficient (Wildman–Crippen LogP) is 1.62. The molecule has 0 radical (unpaired) electrons. The number of carbonyl (C=O) groups is 1. The summed E-state index contributed by atoms with van der Waals surface area (Å²) in [6.07, 6.45) is 3.26. The van der Waals surface area contributed by atoms with Crippen LogP contribution >= 0.6 is 0 Å². The molecule has 1 fully saturated rings. The number of ether oxygens (including phenoxy) is 1. The van der Waals surface area contributed by atoms with Gasteiger partial charge in [-0.05, 0) is 23.8 Å². The lowest BCUT2D eigenvalue weighted by atomic mass is 10.1. The number of amides is 1. The van der Waals surface area contributed by atoms with Crippen molar-refractivity contribution in [3.8, 4) is 5.75 Å². The lowest BCUT2D eigenvalue weighted by Gasteiger charge is -2.39. The predicted molar refractivity (Wildman–Crippen MR) is 100 cm³/mol. The van der Waals surface area contributed by atoms with Gasteiger partial charge >= 0.3 is 0 Å². The first kappa shape index (κ1) is 16.8. The summed E-state index contributed by atoms with van der Waals surface area (Å²) < 4.78 is 5.99. The van der Waals surface area contributed by atoms with Gasteiger partial charge in [0.15, 0.2) is 6.10 Å². The van der Waals surface area contributed by atoms with Crippen LogP contribution < -0.4 is 9.64 Å². The standard InChI is InChI=1S/C20H24N4O2/c1-22-15-19(26-18-7-3-2-6-17(18)22)20(25)24-11-9-23(10-12-24)14-16-5-4-8-21-13-16/h2-8,13,19H,9-12,14-15H2,1H3. The molecule has 0 N–H and O–H groups in total. The average Bonchev–Trinajstić information content (AvgIpc) is 2.69. The molecule has 1 atom stereocenters. The van der Waals surface area contributed by atoms with Gasteiger partial charge in [-0.1, -0.05) is 18.2 Å². The molecule has 6 nitrogen and oxygen atoms in total. The highest BCUT2D eigenvalue weighted by Gasteiger charge is 2.33. The Kier molecular flexibility index (Phi) is 4.75. The molecule has 6 heteroatoms. The Morgan fingerprint density at radius 1 is 1.15 bits per heavy atom. The number of benzene rings is 1. The number of likely N-dealkylation sites (N-methyl/N-ethyl adjacent to an activating group) is 1. The second kappa shape index (κ2) is 7.33. The summed E-state index contributed by atoms with van der Waals surface area (Å²) in [4.78, 5) is 23.5. The maximum absolute atomic E-state index is 12.9. The van der Waals surface area contributed by atoms with E-state index >= 15 is 0 Å². The third kappa shape index (κ3) is 3.51. The number of rotatable bonds is 3. The maximum atomic E-state index is 12.9. The van der Waals surface area contributed by atoms with Crippen molar-refractivity contribution in [2.24, 2.45) is 0 Å². The highest BCUT2D eigenvalue weighted by atomic mass is 16.5. The van der Waals surface area contributed by atoms with Crippen LogP contribution in [0.15, 0.2) is 48.8 Å². The van der Waals surface area contributed by atoms with Crippen molar-refractivity contribution in [1.82, 2.24) is 14.8 Å². The molecule has 26 heavy (non-hydrogen) atoms. The first-order valence-corrected chi connectivity index (χ1v) is 9.07. The Morgan fingerprint density at radius 2 is 1.96 bits per heavy atom. The molecule has 1 aromatic carbocycles. The molecular formula is C20H24N4O2. The summed E-state index contributed by atoms with van der Waals surface area (Å²) in [5.41, 5.74) is 2.25. The highest BCUT2D eigenvalue weighted by Crippen LogP contribution is 2.32. The quantitative estimate of drug-likeness (QED) is 0.840. The average molecular weight is 352 g/mol.